The normalized spacial score (nSPS) is 20.9. The maximum atomic E-state index is 11.8. The van der Waals surface area contributed by atoms with Gasteiger partial charge < -0.3 is 14.0 Å². The molecule has 0 saturated heterocycles. The molecular weight excluding hydrogens is 597 g/mol. The highest BCUT2D eigenvalue weighted by molar-refractivity contribution is 7.00. The van der Waals surface area contributed by atoms with Crippen molar-refractivity contribution in [3.05, 3.63) is 133 Å². The van der Waals surface area contributed by atoms with Crippen LogP contribution in [0, 0.1) is 17.8 Å². The summed E-state index contributed by atoms with van der Waals surface area (Å²) < 4.78 is 14.8. The van der Waals surface area contributed by atoms with Crippen LogP contribution in [0.2, 0.25) is 10.1 Å². The number of aliphatic hydroxyl groups is 1. The Morgan fingerprint density at radius 2 is 0.848 bits per heavy atom. The monoisotopic (exact) mass is 648 g/mol. The first-order chi connectivity index (χ1) is 21.9. The fourth-order valence-corrected chi connectivity index (χ4v) is 16.8. The molecule has 0 amide bonds. The average molecular weight is 649 g/mol. The predicted molar refractivity (Wildman–Crippen MR) is 198 cm³/mol. The van der Waals surface area contributed by atoms with E-state index in [2.05, 4.69) is 182 Å². The van der Waals surface area contributed by atoms with Crippen LogP contribution in [0.4, 0.5) is 0 Å². The van der Waals surface area contributed by atoms with Crippen LogP contribution in [0.25, 0.3) is 0 Å². The Bertz CT molecular complexity index is 1460. The maximum Gasteiger partial charge on any atom is 0.261 e. The molecule has 0 aromatic heterocycles. The lowest BCUT2D eigenvalue weighted by atomic mass is 9.78. The highest BCUT2D eigenvalue weighted by Crippen LogP contribution is 2.41. The van der Waals surface area contributed by atoms with Gasteiger partial charge in [-0.05, 0) is 30.8 Å². The van der Waals surface area contributed by atoms with E-state index in [9.17, 15) is 5.11 Å². The average Bonchev–Trinajstić information content (AvgIpc) is 3.05. The lowest BCUT2D eigenvalue weighted by Crippen LogP contribution is -2.68. The Labute approximate surface area is 279 Å². The van der Waals surface area contributed by atoms with E-state index in [-0.39, 0.29) is 27.8 Å². The number of aliphatic hydroxyl groups excluding tert-OH is 1. The van der Waals surface area contributed by atoms with E-state index in [0.717, 1.165) is 0 Å². The molecule has 5 rings (SSSR count). The Balaban J connectivity index is 1.53. The first-order valence-electron chi connectivity index (χ1n) is 16.8. The Morgan fingerprint density at radius 1 is 0.522 bits per heavy atom. The Hall–Kier alpha value is -3.07. The quantitative estimate of drug-likeness (QED) is 0.150. The summed E-state index contributed by atoms with van der Waals surface area (Å²) in [5.74, 6) is -0.0669. The van der Waals surface area contributed by atoms with E-state index >= 15 is 0 Å². The highest BCUT2D eigenvalue weighted by atomic mass is 28.4. The molecule has 1 N–H and O–H groups in total. The lowest BCUT2D eigenvalue weighted by molar-refractivity contribution is 0.00584. The number of hydrogen-bond donors (Lipinski definition) is 1. The molecule has 0 heterocycles. The standard InChI is InChI=1S/C41H52O3Si2/c1-32-28-29-33(30-43-45(40(2,3)4,34-20-12-8-13-21-34)35-22-14-9-15-23-35)38(39(32)42)31-44-46(41(5,6)7,36-24-16-10-17-25-36)37-26-18-11-19-27-37/h8-29,32-33,38-39,42H,30-31H2,1-7H3/t32-,33-,38+,39-/m0/s1. The predicted octanol–water partition coefficient (Wildman–Crippen LogP) is 6.94. The summed E-state index contributed by atoms with van der Waals surface area (Å²) in [5.41, 5.74) is 0. The minimum absolute atomic E-state index is 0.00562. The van der Waals surface area contributed by atoms with Crippen molar-refractivity contribution in [2.75, 3.05) is 13.2 Å². The summed E-state index contributed by atoms with van der Waals surface area (Å²) >= 11 is 0. The van der Waals surface area contributed by atoms with Crippen molar-refractivity contribution < 1.29 is 14.0 Å². The number of hydrogen-bond acceptors (Lipinski definition) is 3. The van der Waals surface area contributed by atoms with Crippen molar-refractivity contribution in [2.45, 2.75) is 64.6 Å². The van der Waals surface area contributed by atoms with Gasteiger partial charge in [0.15, 0.2) is 0 Å². The molecule has 3 nitrogen and oxygen atoms in total. The molecule has 0 saturated carbocycles. The molecule has 0 spiro atoms. The van der Waals surface area contributed by atoms with Gasteiger partial charge in [0.25, 0.3) is 16.6 Å². The van der Waals surface area contributed by atoms with E-state index in [0.29, 0.717) is 13.2 Å². The SMILES string of the molecule is C[C@H]1C=C[C@@H](CO[Si](c2ccccc2)(c2ccccc2)C(C)(C)C)[C@@H](CO[Si](c2ccccc2)(c2ccccc2)C(C)(C)C)[C@H]1O. The zero-order chi connectivity index (χ0) is 33.0. The summed E-state index contributed by atoms with van der Waals surface area (Å²) in [6.45, 7) is 17.0. The van der Waals surface area contributed by atoms with Gasteiger partial charge in [0.05, 0.1) is 6.10 Å². The molecule has 46 heavy (non-hydrogen) atoms. The fraction of sp³-hybridized carbons (Fsp3) is 0.366. The first-order valence-corrected chi connectivity index (χ1v) is 20.6. The summed E-state index contributed by atoms with van der Waals surface area (Å²) in [4.78, 5) is 0. The zero-order valence-corrected chi connectivity index (χ0v) is 30.7. The van der Waals surface area contributed by atoms with E-state index in [4.69, 9.17) is 8.85 Å². The number of rotatable bonds is 10. The van der Waals surface area contributed by atoms with Gasteiger partial charge in [-0.1, -0.05) is 182 Å². The van der Waals surface area contributed by atoms with Crippen LogP contribution in [-0.2, 0) is 8.85 Å². The van der Waals surface area contributed by atoms with Gasteiger partial charge in [-0.3, -0.25) is 0 Å². The molecule has 4 aromatic carbocycles. The van der Waals surface area contributed by atoms with Crippen molar-refractivity contribution >= 4 is 37.4 Å². The third-order valence-corrected chi connectivity index (χ3v) is 20.0. The van der Waals surface area contributed by atoms with Gasteiger partial charge in [0.2, 0.25) is 0 Å². The molecule has 1 aliphatic carbocycles. The zero-order valence-electron chi connectivity index (χ0n) is 28.7. The van der Waals surface area contributed by atoms with Crippen LogP contribution in [0.5, 0.6) is 0 Å². The molecule has 0 fully saturated rings. The summed E-state index contributed by atoms with van der Waals surface area (Å²) in [7, 11) is -5.52. The van der Waals surface area contributed by atoms with Crippen molar-refractivity contribution in [2.24, 2.45) is 17.8 Å². The largest absolute Gasteiger partial charge is 0.407 e. The van der Waals surface area contributed by atoms with E-state index in [1.807, 2.05) is 0 Å². The summed E-state index contributed by atoms with van der Waals surface area (Å²) in [6, 6.07) is 43.2. The molecule has 242 valence electrons. The summed E-state index contributed by atoms with van der Waals surface area (Å²) in [6.07, 6.45) is 3.92. The van der Waals surface area contributed by atoms with E-state index < -0.39 is 22.7 Å². The summed E-state index contributed by atoms with van der Waals surface area (Å²) in [5, 5.41) is 16.6. The molecule has 0 unspecified atom stereocenters. The van der Waals surface area contributed by atoms with Crippen LogP contribution in [-0.4, -0.2) is 41.1 Å². The van der Waals surface area contributed by atoms with Crippen molar-refractivity contribution in [1.82, 2.24) is 0 Å². The Morgan fingerprint density at radius 3 is 1.17 bits per heavy atom. The van der Waals surface area contributed by atoms with Crippen LogP contribution in [0.1, 0.15) is 48.5 Å². The molecule has 0 bridgehead atoms. The second-order valence-electron chi connectivity index (χ2n) is 15.0. The van der Waals surface area contributed by atoms with Gasteiger partial charge in [-0.25, -0.2) is 0 Å². The minimum Gasteiger partial charge on any atom is -0.407 e. The van der Waals surface area contributed by atoms with Gasteiger partial charge in [0.1, 0.15) is 0 Å². The van der Waals surface area contributed by atoms with Crippen LogP contribution in [0.3, 0.4) is 0 Å². The van der Waals surface area contributed by atoms with Crippen LogP contribution in [0.15, 0.2) is 133 Å². The molecule has 4 atom stereocenters. The fourth-order valence-electron chi connectivity index (χ4n) is 7.58. The van der Waals surface area contributed by atoms with Gasteiger partial charge in [-0.15, -0.1) is 0 Å². The third-order valence-electron chi connectivity index (χ3n) is 10.0. The first kappa shape index (κ1) is 34.3. The maximum absolute atomic E-state index is 11.8. The van der Waals surface area contributed by atoms with Crippen molar-refractivity contribution in [1.29, 1.82) is 0 Å². The van der Waals surface area contributed by atoms with Crippen LogP contribution < -0.4 is 20.7 Å². The van der Waals surface area contributed by atoms with E-state index in [1.165, 1.54) is 20.7 Å². The van der Waals surface area contributed by atoms with Crippen molar-refractivity contribution in [3.8, 4) is 0 Å². The smallest absolute Gasteiger partial charge is 0.261 e. The lowest BCUT2D eigenvalue weighted by Gasteiger charge is -2.46. The van der Waals surface area contributed by atoms with E-state index in [1.54, 1.807) is 0 Å². The number of benzene rings is 4. The van der Waals surface area contributed by atoms with Gasteiger partial charge in [-0.2, -0.15) is 0 Å². The minimum atomic E-state index is -2.78. The highest BCUT2D eigenvalue weighted by Gasteiger charge is 2.53. The third kappa shape index (κ3) is 6.54. The molecule has 0 aliphatic heterocycles. The molecule has 5 heteroatoms. The molecular formula is C41H52O3Si2. The molecule has 0 radical (unpaired) electrons. The molecule has 1 aliphatic rings. The second kappa shape index (κ2) is 14.0. The second-order valence-corrected chi connectivity index (χ2v) is 23.6. The topological polar surface area (TPSA) is 38.7 Å². The Kier molecular flexibility index (Phi) is 10.4. The van der Waals surface area contributed by atoms with Gasteiger partial charge >= 0.3 is 0 Å². The van der Waals surface area contributed by atoms with Crippen LogP contribution >= 0.6 is 0 Å². The van der Waals surface area contributed by atoms with Gasteiger partial charge in [0, 0.05) is 31.0 Å². The van der Waals surface area contributed by atoms with Crippen molar-refractivity contribution in [3.63, 3.8) is 0 Å². The molecule has 4 aromatic rings.